The van der Waals surface area contributed by atoms with Crippen LogP contribution in [0.2, 0.25) is 0 Å². The Bertz CT molecular complexity index is 910. The molecule has 0 aliphatic carbocycles. The Morgan fingerprint density at radius 3 is 2.59 bits per heavy atom. The number of rotatable bonds is 4. The number of morpholine rings is 1. The van der Waals surface area contributed by atoms with Crippen LogP contribution >= 0.6 is 0 Å². The predicted octanol–water partition coefficient (Wildman–Crippen LogP) is 1.59. The zero-order chi connectivity index (χ0) is 19.6. The van der Waals surface area contributed by atoms with Gasteiger partial charge in [-0.15, -0.1) is 0 Å². The van der Waals surface area contributed by atoms with Gasteiger partial charge in [0.1, 0.15) is 5.56 Å². The Kier molecular flexibility index (Phi) is 5.46. The number of carbonyl (C=O) groups is 2. The maximum Gasteiger partial charge on any atom is 0.351 e. The van der Waals surface area contributed by atoms with E-state index in [4.69, 9.17) is 18.6 Å². The normalized spacial score (nSPS) is 19.7. The molecule has 1 aliphatic rings. The van der Waals surface area contributed by atoms with E-state index >= 15 is 0 Å². The average Bonchev–Trinajstić information content (AvgIpc) is 2.64. The topological polar surface area (TPSA) is 95.3 Å². The maximum absolute atomic E-state index is 12.3. The molecule has 0 radical (unpaired) electrons. The van der Waals surface area contributed by atoms with Gasteiger partial charge in [0.15, 0.2) is 17.9 Å². The molecule has 144 valence electrons. The summed E-state index contributed by atoms with van der Waals surface area (Å²) in [7, 11) is 1.45. The van der Waals surface area contributed by atoms with Gasteiger partial charge in [-0.05, 0) is 26.0 Å². The van der Waals surface area contributed by atoms with Crippen LogP contribution in [0, 0.1) is 0 Å². The summed E-state index contributed by atoms with van der Waals surface area (Å²) in [5.74, 6) is -0.858. The molecule has 1 fully saturated rings. The fourth-order valence-corrected chi connectivity index (χ4v) is 3.10. The molecule has 27 heavy (non-hydrogen) atoms. The zero-order valence-electron chi connectivity index (χ0n) is 15.4. The van der Waals surface area contributed by atoms with E-state index in [2.05, 4.69) is 0 Å². The number of nitrogens with zero attached hydrogens (tertiary/aromatic N) is 1. The largest absolute Gasteiger partial charge is 0.493 e. The van der Waals surface area contributed by atoms with E-state index < -0.39 is 18.2 Å². The van der Waals surface area contributed by atoms with Gasteiger partial charge < -0.3 is 23.5 Å². The van der Waals surface area contributed by atoms with Crippen molar-refractivity contribution in [2.24, 2.45) is 0 Å². The van der Waals surface area contributed by atoms with Gasteiger partial charge >= 0.3 is 11.6 Å². The molecule has 0 N–H and O–H groups in total. The van der Waals surface area contributed by atoms with Crippen LogP contribution in [0.1, 0.15) is 24.2 Å². The lowest BCUT2D eigenvalue weighted by Gasteiger charge is -2.35. The summed E-state index contributed by atoms with van der Waals surface area (Å²) in [6.07, 6.45) is -0.174. The molecular formula is C19H21NO7. The number of carbonyl (C=O) groups excluding carboxylic acids is 2. The Labute approximate surface area is 155 Å². The molecule has 0 saturated carbocycles. The molecule has 0 spiro atoms. The van der Waals surface area contributed by atoms with Gasteiger partial charge in [-0.2, -0.15) is 0 Å². The zero-order valence-corrected chi connectivity index (χ0v) is 15.4. The van der Waals surface area contributed by atoms with Crippen molar-refractivity contribution < 1.29 is 28.2 Å². The number of benzene rings is 1. The van der Waals surface area contributed by atoms with Crippen molar-refractivity contribution in [1.82, 2.24) is 4.90 Å². The molecule has 1 amide bonds. The Morgan fingerprint density at radius 1 is 1.22 bits per heavy atom. The summed E-state index contributed by atoms with van der Waals surface area (Å²) in [4.78, 5) is 38.3. The monoisotopic (exact) mass is 375 g/mol. The third-order valence-electron chi connectivity index (χ3n) is 4.26. The number of amides is 1. The molecule has 1 saturated heterocycles. The van der Waals surface area contributed by atoms with Gasteiger partial charge in [-0.1, -0.05) is 12.1 Å². The molecular weight excluding hydrogens is 354 g/mol. The number of fused-ring (bicyclic) bond motifs is 1. The summed E-state index contributed by atoms with van der Waals surface area (Å²) < 4.78 is 20.9. The molecule has 2 atom stereocenters. The molecule has 2 aromatic rings. The van der Waals surface area contributed by atoms with Crippen molar-refractivity contribution in [3.63, 3.8) is 0 Å². The van der Waals surface area contributed by atoms with E-state index in [1.807, 2.05) is 13.8 Å². The lowest BCUT2D eigenvalue weighted by molar-refractivity contribution is -0.146. The van der Waals surface area contributed by atoms with E-state index in [1.165, 1.54) is 13.2 Å². The molecule has 2 heterocycles. The van der Waals surface area contributed by atoms with Gasteiger partial charge in [0.25, 0.3) is 5.91 Å². The fourth-order valence-electron chi connectivity index (χ4n) is 3.10. The lowest BCUT2D eigenvalue weighted by atomic mass is 10.2. The summed E-state index contributed by atoms with van der Waals surface area (Å²) in [6, 6.07) is 6.40. The summed E-state index contributed by atoms with van der Waals surface area (Å²) in [5, 5.41) is 0.517. The van der Waals surface area contributed by atoms with Crippen molar-refractivity contribution in [2.75, 3.05) is 26.8 Å². The SMILES string of the molecule is COc1cccc2cc(C(=O)OCC(=O)N3C[C@H](C)O[C@@H](C)C3)c(=O)oc12. The second-order valence-corrected chi connectivity index (χ2v) is 6.46. The highest BCUT2D eigenvalue weighted by molar-refractivity contribution is 5.95. The number of ether oxygens (including phenoxy) is 3. The van der Waals surface area contributed by atoms with Gasteiger partial charge in [0.2, 0.25) is 0 Å². The number of hydrogen-bond acceptors (Lipinski definition) is 7. The van der Waals surface area contributed by atoms with Crippen LogP contribution in [0.5, 0.6) is 5.75 Å². The average molecular weight is 375 g/mol. The van der Waals surface area contributed by atoms with E-state index in [0.29, 0.717) is 24.2 Å². The molecule has 1 aliphatic heterocycles. The van der Waals surface area contributed by atoms with Crippen LogP contribution in [-0.4, -0.2) is 55.8 Å². The van der Waals surface area contributed by atoms with Crippen molar-refractivity contribution in [2.45, 2.75) is 26.1 Å². The standard InChI is InChI=1S/C19H21NO7/c1-11-8-20(9-12(2)26-11)16(21)10-25-18(22)14-7-13-5-4-6-15(24-3)17(13)27-19(14)23/h4-7,11-12H,8-10H2,1-3H3/t11-,12-/m0/s1. The van der Waals surface area contributed by atoms with Crippen LogP contribution in [0.4, 0.5) is 0 Å². The van der Waals surface area contributed by atoms with Gasteiger partial charge in [-0.25, -0.2) is 9.59 Å². The minimum Gasteiger partial charge on any atom is -0.493 e. The minimum absolute atomic E-state index is 0.0871. The van der Waals surface area contributed by atoms with E-state index in [1.54, 1.807) is 23.1 Å². The lowest BCUT2D eigenvalue weighted by Crippen LogP contribution is -2.49. The maximum atomic E-state index is 12.3. The first-order chi connectivity index (χ1) is 12.9. The molecule has 0 unspecified atom stereocenters. The van der Waals surface area contributed by atoms with Crippen molar-refractivity contribution in [3.8, 4) is 5.75 Å². The molecule has 1 aromatic carbocycles. The second-order valence-electron chi connectivity index (χ2n) is 6.46. The highest BCUT2D eigenvalue weighted by Gasteiger charge is 2.27. The molecule has 3 rings (SSSR count). The van der Waals surface area contributed by atoms with E-state index in [0.717, 1.165) is 0 Å². The molecule has 1 aromatic heterocycles. The van der Waals surface area contributed by atoms with Crippen LogP contribution in [-0.2, 0) is 14.3 Å². The molecule has 8 heteroatoms. The van der Waals surface area contributed by atoms with Crippen LogP contribution in [0.15, 0.2) is 33.5 Å². The number of methoxy groups -OCH3 is 1. The molecule has 8 nitrogen and oxygen atoms in total. The summed E-state index contributed by atoms with van der Waals surface area (Å²) >= 11 is 0. The van der Waals surface area contributed by atoms with Crippen LogP contribution < -0.4 is 10.4 Å². The van der Waals surface area contributed by atoms with Gasteiger partial charge in [0.05, 0.1) is 19.3 Å². The first kappa shape index (κ1) is 18.9. The number of para-hydroxylation sites is 1. The smallest absolute Gasteiger partial charge is 0.351 e. The minimum atomic E-state index is -0.906. The summed E-state index contributed by atoms with van der Waals surface area (Å²) in [5.41, 5.74) is -0.876. The quantitative estimate of drug-likeness (QED) is 0.591. The van der Waals surface area contributed by atoms with Gasteiger partial charge in [-0.3, -0.25) is 4.79 Å². The van der Waals surface area contributed by atoms with Crippen molar-refractivity contribution >= 4 is 22.8 Å². The Hall–Kier alpha value is -2.87. The predicted molar refractivity (Wildman–Crippen MR) is 95.9 cm³/mol. The van der Waals surface area contributed by atoms with E-state index in [-0.39, 0.29) is 29.3 Å². The second kappa shape index (κ2) is 7.79. The first-order valence-corrected chi connectivity index (χ1v) is 8.60. The van der Waals surface area contributed by atoms with Crippen molar-refractivity contribution in [1.29, 1.82) is 0 Å². The third-order valence-corrected chi connectivity index (χ3v) is 4.26. The molecule has 0 bridgehead atoms. The first-order valence-electron chi connectivity index (χ1n) is 8.60. The number of esters is 1. The third kappa shape index (κ3) is 4.11. The van der Waals surface area contributed by atoms with Crippen LogP contribution in [0.25, 0.3) is 11.0 Å². The van der Waals surface area contributed by atoms with Gasteiger partial charge in [0, 0.05) is 18.5 Å². The van der Waals surface area contributed by atoms with Crippen LogP contribution in [0.3, 0.4) is 0 Å². The van der Waals surface area contributed by atoms with Crippen molar-refractivity contribution in [3.05, 3.63) is 40.2 Å². The number of hydrogen-bond donors (Lipinski definition) is 0. The Morgan fingerprint density at radius 2 is 1.93 bits per heavy atom. The fraction of sp³-hybridized carbons (Fsp3) is 0.421. The summed E-state index contributed by atoms with van der Waals surface area (Å²) in [6.45, 7) is 4.15. The Balaban J connectivity index is 1.72. The van der Waals surface area contributed by atoms with E-state index in [9.17, 15) is 14.4 Å². The highest BCUT2D eigenvalue weighted by Crippen LogP contribution is 2.24. The highest BCUT2D eigenvalue weighted by atomic mass is 16.5.